The highest BCUT2D eigenvalue weighted by Crippen LogP contribution is 2.77. The summed E-state index contributed by atoms with van der Waals surface area (Å²) in [5, 5.41) is 23.3. The lowest BCUT2D eigenvalue weighted by atomic mass is 9.59. The molecule has 4 aliphatic carbocycles. The maximum absolute atomic E-state index is 13.6. The van der Waals surface area contributed by atoms with Gasteiger partial charge in [0.2, 0.25) is 0 Å². The van der Waals surface area contributed by atoms with Gasteiger partial charge < -0.3 is 24.4 Å². The van der Waals surface area contributed by atoms with Gasteiger partial charge in [-0.25, -0.2) is 0 Å². The second-order valence-corrected chi connectivity index (χ2v) is 14.9. The summed E-state index contributed by atoms with van der Waals surface area (Å²) in [6, 6.07) is 0. The molecule has 8 atom stereocenters. The third-order valence-electron chi connectivity index (χ3n) is 11.9. The van der Waals surface area contributed by atoms with Crippen LogP contribution in [0.15, 0.2) is 23.3 Å². The zero-order valence-electron chi connectivity index (χ0n) is 28.8. The van der Waals surface area contributed by atoms with Crippen LogP contribution in [-0.4, -0.2) is 64.6 Å². The summed E-state index contributed by atoms with van der Waals surface area (Å²) in [5.41, 5.74) is -3.68. The van der Waals surface area contributed by atoms with Gasteiger partial charge in [-0.15, -0.1) is 0 Å². The molecule has 8 nitrogen and oxygen atoms in total. The number of esters is 2. The molecule has 0 aromatic rings. The summed E-state index contributed by atoms with van der Waals surface area (Å²) in [5.74, 6) is -3.52. The van der Waals surface area contributed by atoms with Gasteiger partial charge in [-0.05, 0) is 24.5 Å². The number of Topliss-reactive ketones (excluding diaryl/α,β-unsaturated/α-hetero) is 1. The standard InChI is InChI=1S/C37H58O8/c1-8-9-10-11-12-13-14-15-16-17-18-19-30(40)44-33-25(3)36(42)28(31-34(5,6)37(31,33)45-26(4)39)21-27(23-38)22-35(43-7)29(36)20-24(2)32(35)41/h20-21,25,28-29,31,33,38,42H,8-19,22-23H2,1-7H3/t25-,28+,29-,31+,33-,35-,36-,37-/m1/s1. The Morgan fingerprint density at radius 1 is 0.978 bits per heavy atom. The van der Waals surface area contributed by atoms with Crippen LogP contribution in [0.2, 0.25) is 0 Å². The number of fused-ring (bicyclic) bond motifs is 5. The number of ether oxygens (including phenoxy) is 3. The summed E-state index contributed by atoms with van der Waals surface area (Å²) in [6.45, 7) is 10.8. The van der Waals surface area contributed by atoms with Gasteiger partial charge in [-0.1, -0.05) is 104 Å². The first kappa shape index (κ1) is 35.8. The molecule has 254 valence electrons. The van der Waals surface area contributed by atoms with E-state index in [1.807, 2.05) is 26.8 Å². The minimum absolute atomic E-state index is 0.139. The van der Waals surface area contributed by atoms with E-state index in [9.17, 15) is 24.6 Å². The Bertz CT molecular complexity index is 1170. The third kappa shape index (κ3) is 6.09. The third-order valence-corrected chi connectivity index (χ3v) is 11.9. The van der Waals surface area contributed by atoms with Gasteiger partial charge in [0.1, 0.15) is 11.7 Å². The van der Waals surface area contributed by atoms with E-state index in [2.05, 4.69) is 6.92 Å². The highest BCUT2D eigenvalue weighted by atomic mass is 16.6. The topological polar surface area (TPSA) is 119 Å². The van der Waals surface area contributed by atoms with Gasteiger partial charge in [0.15, 0.2) is 11.4 Å². The molecule has 0 aromatic heterocycles. The number of carbonyl (C=O) groups is 3. The van der Waals surface area contributed by atoms with Crippen LogP contribution in [0, 0.1) is 29.1 Å². The van der Waals surface area contributed by atoms with Crippen molar-refractivity contribution in [2.45, 2.75) is 148 Å². The first-order valence-electron chi connectivity index (χ1n) is 17.5. The van der Waals surface area contributed by atoms with Crippen LogP contribution in [0.4, 0.5) is 0 Å². The number of aliphatic hydroxyl groups excluding tert-OH is 1. The molecular formula is C37H58O8. The van der Waals surface area contributed by atoms with Gasteiger partial charge >= 0.3 is 11.9 Å². The Hall–Kier alpha value is -2.03. The predicted molar refractivity (Wildman–Crippen MR) is 172 cm³/mol. The zero-order valence-corrected chi connectivity index (χ0v) is 28.8. The Labute approximate surface area is 270 Å². The smallest absolute Gasteiger partial charge is 0.306 e. The van der Waals surface area contributed by atoms with Crippen molar-refractivity contribution in [3.8, 4) is 0 Å². The normalized spacial score (nSPS) is 36.2. The molecule has 4 rings (SSSR count). The second kappa shape index (κ2) is 14.0. The lowest BCUT2D eigenvalue weighted by molar-refractivity contribution is -0.230. The maximum Gasteiger partial charge on any atom is 0.306 e. The Balaban J connectivity index is 1.53. The fraction of sp³-hybridized carbons (Fsp3) is 0.811. The van der Waals surface area contributed by atoms with Gasteiger partial charge in [0.25, 0.3) is 0 Å². The molecule has 0 aliphatic heterocycles. The van der Waals surface area contributed by atoms with Crippen molar-refractivity contribution in [2.75, 3.05) is 13.7 Å². The number of rotatable bonds is 16. The maximum atomic E-state index is 13.6. The van der Waals surface area contributed by atoms with Crippen LogP contribution in [0.3, 0.4) is 0 Å². The molecule has 0 aromatic carbocycles. The quantitative estimate of drug-likeness (QED) is 0.114. The molecular weight excluding hydrogens is 572 g/mol. The van der Waals surface area contributed by atoms with Crippen molar-refractivity contribution >= 4 is 17.7 Å². The van der Waals surface area contributed by atoms with E-state index in [1.54, 1.807) is 13.0 Å². The summed E-state index contributed by atoms with van der Waals surface area (Å²) in [6.07, 6.45) is 16.1. The molecule has 0 saturated heterocycles. The van der Waals surface area contributed by atoms with Gasteiger partial charge in [0.05, 0.1) is 12.2 Å². The van der Waals surface area contributed by atoms with E-state index >= 15 is 0 Å². The van der Waals surface area contributed by atoms with Crippen molar-refractivity contribution in [1.82, 2.24) is 0 Å². The lowest BCUT2D eigenvalue weighted by Crippen LogP contribution is -2.66. The summed E-state index contributed by atoms with van der Waals surface area (Å²) in [4.78, 5) is 39.6. The fourth-order valence-electron chi connectivity index (χ4n) is 9.46. The van der Waals surface area contributed by atoms with E-state index in [0.29, 0.717) is 17.6 Å². The number of methoxy groups -OCH3 is 1. The molecule has 0 unspecified atom stereocenters. The molecule has 2 saturated carbocycles. The number of ketones is 1. The fourth-order valence-corrected chi connectivity index (χ4v) is 9.46. The summed E-state index contributed by atoms with van der Waals surface area (Å²) in [7, 11) is 1.47. The van der Waals surface area contributed by atoms with Crippen molar-refractivity contribution in [3.05, 3.63) is 23.3 Å². The Kier molecular flexibility index (Phi) is 11.1. The van der Waals surface area contributed by atoms with Crippen molar-refractivity contribution in [2.24, 2.45) is 29.1 Å². The number of hydrogen-bond acceptors (Lipinski definition) is 8. The molecule has 0 radical (unpaired) electrons. The molecule has 4 aliphatic rings. The first-order valence-corrected chi connectivity index (χ1v) is 17.5. The number of aliphatic hydroxyl groups is 2. The van der Waals surface area contributed by atoms with Crippen LogP contribution in [0.5, 0.6) is 0 Å². The average molecular weight is 631 g/mol. The monoisotopic (exact) mass is 630 g/mol. The van der Waals surface area contributed by atoms with E-state index < -0.39 is 58.0 Å². The molecule has 0 heterocycles. The largest absolute Gasteiger partial charge is 0.458 e. The Morgan fingerprint density at radius 2 is 1.56 bits per heavy atom. The molecule has 2 fully saturated rings. The van der Waals surface area contributed by atoms with Gasteiger partial charge in [-0.2, -0.15) is 0 Å². The van der Waals surface area contributed by atoms with Crippen molar-refractivity contribution in [3.63, 3.8) is 0 Å². The second-order valence-electron chi connectivity index (χ2n) is 14.9. The average Bonchev–Trinajstić information content (AvgIpc) is 3.40. The number of carbonyl (C=O) groups excluding carboxylic acids is 3. The summed E-state index contributed by atoms with van der Waals surface area (Å²) < 4.78 is 18.4. The Morgan fingerprint density at radius 3 is 2.09 bits per heavy atom. The highest BCUT2D eigenvalue weighted by molar-refractivity contribution is 6.05. The van der Waals surface area contributed by atoms with Gasteiger partial charge in [-0.3, -0.25) is 14.4 Å². The zero-order chi connectivity index (χ0) is 33.2. The minimum Gasteiger partial charge on any atom is -0.458 e. The van der Waals surface area contributed by atoms with Crippen LogP contribution < -0.4 is 0 Å². The SMILES string of the molecule is CCCCCCCCCCCCCC(=O)O[C@@H]1[C@@H](C)[C@@]2(O)[C@@H](C=C(CO)C[C@]3(OC)C(=O)C(C)=C[C@@H]23)[C@H]2C(C)(C)[C@]12OC(C)=O. The molecule has 0 amide bonds. The van der Waals surface area contributed by atoms with Crippen LogP contribution >= 0.6 is 0 Å². The minimum atomic E-state index is -1.58. The molecule has 8 heteroatoms. The van der Waals surface area contributed by atoms with E-state index in [-0.39, 0.29) is 31.2 Å². The number of hydrogen-bond donors (Lipinski definition) is 2. The molecule has 45 heavy (non-hydrogen) atoms. The van der Waals surface area contributed by atoms with Crippen molar-refractivity contribution < 1.29 is 38.8 Å². The number of unbranched alkanes of at least 4 members (excludes halogenated alkanes) is 10. The molecule has 0 spiro atoms. The van der Waals surface area contributed by atoms with Crippen molar-refractivity contribution in [1.29, 1.82) is 0 Å². The van der Waals surface area contributed by atoms with Crippen LogP contribution in [0.1, 0.15) is 125 Å². The lowest BCUT2D eigenvalue weighted by Gasteiger charge is -2.53. The van der Waals surface area contributed by atoms with Crippen LogP contribution in [-0.2, 0) is 28.6 Å². The van der Waals surface area contributed by atoms with E-state index in [0.717, 1.165) is 12.8 Å². The highest BCUT2D eigenvalue weighted by Gasteiger charge is 2.88. The van der Waals surface area contributed by atoms with Gasteiger partial charge in [0, 0.05) is 56.0 Å². The van der Waals surface area contributed by atoms with E-state index in [1.165, 1.54) is 65.4 Å². The summed E-state index contributed by atoms with van der Waals surface area (Å²) >= 11 is 0. The first-order chi connectivity index (χ1) is 21.3. The van der Waals surface area contributed by atoms with Crippen LogP contribution in [0.25, 0.3) is 0 Å². The molecule has 0 bridgehead atoms. The molecule has 2 N–H and O–H groups in total. The predicted octanol–water partition coefficient (Wildman–Crippen LogP) is 6.41. The van der Waals surface area contributed by atoms with E-state index in [4.69, 9.17) is 14.2 Å².